The van der Waals surface area contributed by atoms with Crippen LogP contribution in [0.1, 0.15) is 56.9 Å². The molecule has 0 saturated carbocycles. The van der Waals surface area contributed by atoms with Crippen LogP contribution in [0, 0.1) is 13.8 Å². The Balaban J connectivity index is 0.000000195. The van der Waals surface area contributed by atoms with Crippen LogP contribution in [0.15, 0.2) is 84.9 Å². The number of aromatic nitrogens is 2. The third-order valence-electron chi connectivity index (χ3n) is 7.38. The van der Waals surface area contributed by atoms with E-state index < -0.39 is 16.2 Å². The van der Waals surface area contributed by atoms with Gasteiger partial charge >= 0.3 is 16.2 Å². The summed E-state index contributed by atoms with van der Waals surface area (Å²) in [5, 5.41) is 2.98. The molecule has 0 aliphatic rings. The number of halogens is 1. The largest absolute Gasteiger partial charge is 0.335 e. The number of benzene rings is 4. The van der Waals surface area contributed by atoms with Crippen LogP contribution in [0.2, 0.25) is 0 Å². The van der Waals surface area contributed by atoms with Gasteiger partial charge in [-0.1, -0.05) is 76.6 Å². The van der Waals surface area contributed by atoms with Crippen molar-refractivity contribution in [2.75, 3.05) is 33.0 Å². The summed E-state index contributed by atoms with van der Waals surface area (Å²) in [5.74, 6) is 0. The molecule has 0 amide bonds. The van der Waals surface area contributed by atoms with Crippen molar-refractivity contribution >= 4 is 75.2 Å². The maximum absolute atomic E-state index is 12.6. The molecular formula is C40H49BrN2O6P2S2. The van der Waals surface area contributed by atoms with Crippen molar-refractivity contribution in [3.63, 3.8) is 0 Å². The van der Waals surface area contributed by atoms with Crippen LogP contribution in [0.3, 0.4) is 0 Å². The zero-order valence-corrected chi connectivity index (χ0v) is 36.5. The first-order valence-electron chi connectivity index (χ1n) is 17.7. The van der Waals surface area contributed by atoms with Gasteiger partial charge in [-0.2, -0.15) is 0 Å². The Kier molecular flexibility index (Phi) is 18.2. The maximum atomic E-state index is 12.6. The van der Waals surface area contributed by atoms with Gasteiger partial charge in [-0.3, -0.25) is 4.57 Å². The standard InChI is InChI=1S/C19H22NO3PS.C15H12BrNS.C6H15O3P/c1-4-22-24(21,23-5-2)13-15-7-9-16(10-8-15)19-20-17-11-6-14(3)12-18(17)25-19;1-10-2-7-13-14(8-10)18-15(17-13)12-5-3-11(9-16)4-6-12;1-4-7-10(8-5-2)9-6-3/h6-12H,4-5,13H2,1-3H3;2-8H,9H2,1H3;4-6H2,1-3H3. The number of thiazole rings is 2. The minimum Gasteiger partial charge on any atom is -0.313 e. The van der Waals surface area contributed by atoms with Gasteiger partial charge in [0.25, 0.3) is 0 Å². The Bertz CT molecular complexity index is 2020. The van der Waals surface area contributed by atoms with Crippen molar-refractivity contribution < 1.29 is 27.2 Å². The predicted molar refractivity (Wildman–Crippen MR) is 229 cm³/mol. The highest BCUT2D eigenvalue weighted by Crippen LogP contribution is 2.51. The molecule has 284 valence electrons. The molecule has 0 saturated heterocycles. The molecule has 6 rings (SSSR count). The average Bonchev–Trinajstić information content (AvgIpc) is 3.77. The van der Waals surface area contributed by atoms with E-state index in [4.69, 9.17) is 27.6 Å². The topological polar surface area (TPSA) is 89.0 Å². The second-order valence-corrected chi connectivity index (χ2v) is 17.5. The lowest BCUT2D eigenvalue weighted by Gasteiger charge is -2.17. The predicted octanol–water partition coefficient (Wildman–Crippen LogP) is 13.5. The number of rotatable bonds is 15. The van der Waals surface area contributed by atoms with E-state index in [1.54, 1.807) is 22.7 Å². The molecule has 2 heterocycles. The van der Waals surface area contributed by atoms with Crippen LogP contribution < -0.4 is 0 Å². The van der Waals surface area contributed by atoms with Gasteiger partial charge in [0.1, 0.15) is 10.0 Å². The van der Waals surface area contributed by atoms with Gasteiger partial charge in [-0.05, 0) is 95.0 Å². The SMILES string of the molecule is CCOP(=O)(Cc1ccc(-c2nc3ccc(C)cc3s2)cc1)OCC.CCOP(OCC)OCC.Cc1ccc2nc(-c3ccc(CBr)cc3)sc2c1. The monoisotopic (exact) mass is 858 g/mol. The Morgan fingerprint density at radius 2 is 1.02 bits per heavy atom. The molecule has 2 aromatic heterocycles. The number of fused-ring (bicyclic) bond motifs is 2. The summed E-state index contributed by atoms with van der Waals surface area (Å²) in [6.07, 6.45) is 0.286. The van der Waals surface area contributed by atoms with E-state index in [1.807, 2.05) is 58.9 Å². The van der Waals surface area contributed by atoms with E-state index in [9.17, 15) is 4.57 Å². The van der Waals surface area contributed by atoms with Gasteiger partial charge in [-0.15, -0.1) is 22.7 Å². The first-order valence-corrected chi connectivity index (χ1v) is 23.3. The van der Waals surface area contributed by atoms with Crippen molar-refractivity contribution in [3.05, 3.63) is 107 Å². The minimum absolute atomic E-state index is 0.286. The molecule has 6 aromatic rings. The van der Waals surface area contributed by atoms with E-state index in [0.717, 1.165) is 37.5 Å². The molecule has 0 spiro atoms. The van der Waals surface area contributed by atoms with Gasteiger partial charge in [0, 0.05) is 16.5 Å². The molecule has 8 nitrogen and oxygen atoms in total. The molecular weight excluding hydrogens is 810 g/mol. The lowest BCUT2D eigenvalue weighted by Crippen LogP contribution is -1.99. The molecule has 13 heteroatoms. The summed E-state index contributed by atoms with van der Waals surface area (Å²) in [6.45, 7) is 16.3. The molecule has 0 radical (unpaired) electrons. The Morgan fingerprint density at radius 1 is 0.604 bits per heavy atom. The van der Waals surface area contributed by atoms with Crippen molar-refractivity contribution in [2.45, 2.75) is 60.0 Å². The summed E-state index contributed by atoms with van der Waals surface area (Å²) in [5.41, 5.74) is 9.11. The first-order chi connectivity index (χ1) is 25.6. The summed E-state index contributed by atoms with van der Waals surface area (Å²) >= 11 is 6.90. The molecule has 0 aliphatic carbocycles. The molecule has 0 unspecified atom stereocenters. The van der Waals surface area contributed by atoms with Gasteiger partial charge < -0.3 is 22.6 Å². The van der Waals surface area contributed by atoms with Crippen LogP contribution in [-0.4, -0.2) is 43.0 Å². The van der Waals surface area contributed by atoms with Gasteiger partial charge in [-0.25, -0.2) is 9.97 Å². The van der Waals surface area contributed by atoms with Gasteiger partial charge in [0.2, 0.25) is 0 Å². The molecule has 0 bridgehead atoms. The fraction of sp³-hybridized carbons (Fsp3) is 0.350. The fourth-order valence-electron chi connectivity index (χ4n) is 4.97. The van der Waals surface area contributed by atoms with Crippen molar-refractivity contribution in [1.82, 2.24) is 9.97 Å². The highest BCUT2D eigenvalue weighted by Gasteiger charge is 2.24. The molecule has 0 atom stereocenters. The number of hydrogen-bond acceptors (Lipinski definition) is 10. The highest BCUT2D eigenvalue weighted by molar-refractivity contribution is 9.08. The smallest absolute Gasteiger partial charge is 0.313 e. The van der Waals surface area contributed by atoms with Crippen LogP contribution >= 0.6 is 54.8 Å². The number of nitrogens with zero attached hydrogens (tertiary/aromatic N) is 2. The quantitative estimate of drug-likeness (QED) is 0.0745. The normalized spacial score (nSPS) is 11.4. The molecule has 0 aliphatic heterocycles. The first kappa shape index (κ1) is 43.3. The Hall–Kier alpha value is -2.40. The zero-order valence-electron chi connectivity index (χ0n) is 31.5. The van der Waals surface area contributed by atoms with Crippen LogP contribution in [0.25, 0.3) is 41.6 Å². The summed E-state index contributed by atoms with van der Waals surface area (Å²) in [6, 6.07) is 29.2. The maximum Gasteiger partial charge on any atom is 0.335 e. The summed E-state index contributed by atoms with van der Waals surface area (Å²) in [7, 11) is -4.13. The molecule has 53 heavy (non-hydrogen) atoms. The lowest BCUT2D eigenvalue weighted by atomic mass is 10.1. The lowest BCUT2D eigenvalue weighted by molar-refractivity contribution is 0.176. The van der Waals surface area contributed by atoms with E-state index in [1.165, 1.54) is 31.7 Å². The average molecular weight is 860 g/mol. The van der Waals surface area contributed by atoms with Gasteiger partial charge in [0.05, 0.1) is 59.6 Å². The molecule has 0 N–H and O–H groups in total. The van der Waals surface area contributed by atoms with Crippen LogP contribution in [-0.2, 0) is 38.7 Å². The summed E-state index contributed by atoms with van der Waals surface area (Å²) in [4.78, 5) is 9.39. The molecule has 0 fully saturated rings. The number of aryl methyl sites for hydroxylation is 2. The Morgan fingerprint density at radius 3 is 1.40 bits per heavy atom. The third-order valence-corrected chi connectivity index (χ3v) is 13.6. The zero-order chi connectivity index (χ0) is 38.2. The van der Waals surface area contributed by atoms with E-state index in [0.29, 0.717) is 33.0 Å². The summed E-state index contributed by atoms with van der Waals surface area (Å²) < 4.78 is 41.2. The van der Waals surface area contributed by atoms with E-state index in [-0.39, 0.29) is 6.16 Å². The van der Waals surface area contributed by atoms with E-state index >= 15 is 0 Å². The van der Waals surface area contributed by atoms with Crippen LogP contribution in [0.4, 0.5) is 0 Å². The van der Waals surface area contributed by atoms with Crippen molar-refractivity contribution in [2.24, 2.45) is 0 Å². The second kappa shape index (κ2) is 22.2. The minimum atomic E-state index is -3.07. The Labute approximate surface area is 331 Å². The van der Waals surface area contributed by atoms with Crippen molar-refractivity contribution in [1.29, 1.82) is 0 Å². The number of hydrogen-bond donors (Lipinski definition) is 0. The van der Waals surface area contributed by atoms with Crippen LogP contribution in [0.5, 0.6) is 0 Å². The fourth-order valence-corrected chi connectivity index (χ4v) is 10.0. The second-order valence-electron chi connectivity index (χ2n) is 11.6. The van der Waals surface area contributed by atoms with Gasteiger partial charge in [0.15, 0.2) is 0 Å². The molecule has 4 aromatic carbocycles. The van der Waals surface area contributed by atoms with Crippen molar-refractivity contribution in [3.8, 4) is 21.1 Å². The third kappa shape index (κ3) is 13.4. The van der Waals surface area contributed by atoms with E-state index in [2.05, 4.69) is 95.4 Å². The number of alkyl halides is 1. The highest BCUT2D eigenvalue weighted by atomic mass is 79.9.